The highest BCUT2D eigenvalue weighted by Crippen LogP contribution is 2.42. The van der Waals surface area contributed by atoms with E-state index in [2.05, 4.69) is 31.6 Å². The van der Waals surface area contributed by atoms with Crippen molar-refractivity contribution < 1.29 is 19.0 Å². The zero-order chi connectivity index (χ0) is 26.3. The lowest BCUT2D eigenvalue weighted by Crippen LogP contribution is -2.57. The molecule has 2 aromatic heterocycles. The highest BCUT2D eigenvalue weighted by Gasteiger charge is 2.33. The average Bonchev–Trinajstić information content (AvgIpc) is 3.68. The molecule has 0 atom stereocenters. The number of aromatic amines is 1. The summed E-state index contributed by atoms with van der Waals surface area (Å²) in [6, 6.07) is 6.27. The number of hydrogen-bond donors (Lipinski definition) is 3. The molecule has 12 nitrogen and oxygen atoms in total. The fraction of sp³-hybridized carbons (Fsp3) is 0.481. The maximum Gasteiger partial charge on any atom is 0.257 e. The first-order valence-electron chi connectivity index (χ1n) is 13.5. The maximum atomic E-state index is 13.5. The zero-order valence-electron chi connectivity index (χ0n) is 21.5. The third-order valence-electron chi connectivity index (χ3n) is 7.81. The van der Waals surface area contributed by atoms with Crippen molar-refractivity contribution in [2.75, 3.05) is 69.8 Å². The van der Waals surface area contributed by atoms with E-state index in [4.69, 9.17) is 19.2 Å². The van der Waals surface area contributed by atoms with Gasteiger partial charge < -0.3 is 34.7 Å². The third-order valence-corrected chi connectivity index (χ3v) is 7.81. The number of nitriles is 1. The van der Waals surface area contributed by atoms with Crippen LogP contribution in [0.2, 0.25) is 0 Å². The number of rotatable bonds is 7. The Balaban J connectivity index is 1.15. The Morgan fingerprint density at radius 1 is 1.10 bits per heavy atom. The number of fused-ring (bicyclic) bond motifs is 2. The Bertz CT molecular complexity index is 1450. The molecule has 3 aliphatic heterocycles. The van der Waals surface area contributed by atoms with E-state index in [0.717, 1.165) is 32.8 Å². The molecule has 0 bridgehead atoms. The topological polar surface area (TPSA) is 141 Å². The van der Waals surface area contributed by atoms with Crippen molar-refractivity contribution in [1.82, 2.24) is 24.8 Å². The molecule has 0 radical (unpaired) electrons. The highest BCUT2D eigenvalue weighted by molar-refractivity contribution is 5.99. The van der Waals surface area contributed by atoms with Crippen LogP contribution in [0.15, 0.2) is 18.3 Å². The second-order valence-corrected chi connectivity index (χ2v) is 10.4. The van der Waals surface area contributed by atoms with E-state index in [-0.39, 0.29) is 5.91 Å². The molecule has 2 saturated heterocycles. The van der Waals surface area contributed by atoms with Crippen LogP contribution in [0.5, 0.6) is 11.5 Å². The Kier molecular flexibility index (Phi) is 6.09. The largest absolute Gasteiger partial charge is 0.485 e. The molecule has 4 aliphatic rings. The van der Waals surface area contributed by atoms with E-state index in [1.165, 1.54) is 12.8 Å². The summed E-state index contributed by atoms with van der Waals surface area (Å²) < 4.78 is 17.3. The van der Waals surface area contributed by atoms with E-state index < -0.39 is 0 Å². The molecule has 12 heteroatoms. The fourth-order valence-corrected chi connectivity index (χ4v) is 5.29. The Morgan fingerprint density at radius 2 is 1.90 bits per heavy atom. The van der Waals surface area contributed by atoms with Crippen LogP contribution in [0, 0.1) is 17.2 Å². The summed E-state index contributed by atoms with van der Waals surface area (Å²) in [6.07, 6.45) is 4.04. The number of benzene rings is 1. The number of nitrogens with zero attached hydrogens (tertiary/aromatic N) is 5. The average molecular weight is 531 g/mol. The third kappa shape index (κ3) is 4.57. The normalized spacial score (nSPS) is 19.4. The predicted molar refractivity (Wildman–Crippen MR) is 143 cm³/mol. The van der Waals surface area contributed by atoms with Crippen molar-refractivity contribution in [1.29, 1.82) is 5.26 Å². The smallest absolute Gasteiger partial charge is 0.257 e. The number of anilines is 3. The summed E-state index contributed by atoms with van der Waals surface area (Å²) in [4.78, 5) is 30.2. The van der Waals surface area contributed by atoms with Gasteiger partial charge in [0.25, 0.3) is 5.91 Å². The summed E-state index contributed by atoms with van der Waals surface area (Å²) >= 11 is 0. The maximum absolute atomic E-state index is 13.5. The number of nitrogens with one attached hydrogen (secondary N) is 3. The zero-order valence-corrected chi connectivity index (χ0v) is 21.5. The van der Waals surface area contributed by atoms with Gasteiger partial charge in [-0.2, -0.15) is 15.2 Å². The molecular formula is C27H30N8O4. The molecule has 5 heterocycles. The number of piperazine rings is 1. The van der Waals surface area contributed by atoms with Crippen molar-refractivity contribution in [3.63, 3.8) is 0 Å². The number of ether oxygens (including phenoxy) is 3. The van der Waals surface area contributed by atoms with Crippen molar-refractivity contribution in [2.45, 2.75) is 18.9 Å². The van der Waals surface area contributed by atoms with Gasteiger partial charge in [-0.1, -0.05) is 0 Å². The van der Waals surface area contributed by atoms with E-state index in [1.54, 1.807) is 12.3 Å². The van der Waals surface area contributed by atoms with Crippen molar-refractivity contribution >= 4 is 34.4 Å². The highest BCUT2D eigenvalue weighted by atomic mass is 16.6. The second kappa shape index (κ2) is 9.91. The lowest BCUT2D eigenvalue weighted by molar-refractivity contribution is -0.0746. The minimum atomic E-state index is -0.0625. The van der Waals surface area contributed by atoms with Gasteiger partial charge in [0, 0.05) is 38.9 Å². The molecule has 1 saturated carbocycles. The summed E-state index contributed by atoms with van der Waals surface area (Å²) in [5.74, 6) is 2.43. The van der Waals surface area contributed by atoms with E-state index in [1.807, 2.05) is 11.0 Å². The number of carbonyl (C=O) groups is 1. The minimum absolute atomic E-state index is 0.0625. The van der Waals surface area contributed by atoms with Crippen LogP contribution in [0.3, 0.4) is 0 Å². The van der Waals surface area contributed by atoms with Gasteiger partial charge in [0.15, 0.2) is 11.5 Å². The summed E-state index contributed by atoms with van der Waals surface area (Å²) in [7, 11) is 0. The Hall–Kier alpha value is -4.08. The molecule has 0 spiro atoms. The number of amides is 1. The van der Waals surface area contributed by atoms with Gasteiger partial charge in [-0.15, -0.1) is 0 Å². The first-order chi connectivity index (χ1) is 19.2. The predicted octanol–water partition coefficient (Wildman–Crippen LogP) is 2.32. The van der Waals surface area contributed by atoms with E-state index in [0.29, 0.717) is 89.4 Å². The minimum Gasteiger partial charge on any atom is -0.485 e. The van der Waals surface area contributed by atoms with E-state index >= 15 is 0 Å². The van der Waals surface area contributed by atoms with Gasteiger partial charge in [0.05, 0.1) is 41.5 Å². The molecular weight excluding hydrogens is 500 g/mol. The molecule has 39 heavy (non-hydrogen) atoms. The molecule has 1 aromatic carbocycles. The van der Waals surface area contributed by atoms with Gasteiger partial charge >= 0.3 is 0 Å². The number of hydrogen-bond acceptors (Lipinski definition) is 10. The molecule has 7 rings (SSSR count). The van der Waals surface area contributed by atoms with Crippen LogP contribution in [0.25, 0.3) is 11.0 Å². The van der Waals surface area contributed by atoms with Crippen LogP contribution in [0.1, 0.15) is 28.8 Å². The molecule has 0 unspecified atom stereocenters. The molecule has 1 amide bonds. The van der Waals surface area contributed by atoms with Crippen LogP contribution in [-0.4, -0.2) is 95.9 Å². The van der Waals surface area contributed by atoms with Crippen molar-refractivity contribution in [2.24, 2.45) is 5.92 Å². The summed E-state index contributed by atoms with van der Waals surface area (Å²) in [5.41, 5.74) is 2.15. The van der Waals surface area contributed by atoms with Gasteiger partial charge in [-0.3, -0.25) is 9.69 Å². The Morgan fingerprint density at radius 3 is 2.62 bits per heavy atom. The van der Waals surface area contributed by atoms with Crippen LogP contribution < -0.4 is 20.1 Å². The number of carbonyl (C=O) groups excluding carboxylic acids is 1. The Labute approximate surface area is 225 Å². The van der Waals surface area contributed by atoms with Gasteiger partial charge in [-0.25, -0.2) is 0 Å². The second-order valence-electron chi connectivity index (χ2n) is 10.4. The van der Waals surface area contributed by atoms with Gasteiger partial charge in [-0.05, 0) is 30.9 Å². The summed E-state index contributed by atoms with van der Waals surface area (Å²) in [5, 5.41) is 16.9. The van der Waals surface area contributed by atoms with Gasteiger partial charge in [0.1, 0.15) is 30.7 Å². The number of H-pyrrole nitrogens is 1. The fourth-order valence-electron chi connectivity index (χ4n) is 5.29. The lowest BCUT2D eigenvalue weighted by Gasteiger charge is -2.42. The SMILES string of the molecule is N#Cc1c[nH]c2nc(Nc3ccc(C(=O)N4CCN(C5COC5)CC4)c4c3OCCO4)nc(NCC3CC3)c12. The van der Waals surface area contributed by atoms with Crippen LogP contribution in [-0.2, 0) is 4.74 Å². The molecule has 3 N–H and O–H groups in total. The molecule has 1 aliphatic carbocycles. The molecule has 3 fully saturated rings. The first kappa shape index (κ1) is 24.0. The molecule has 202 valence electrons. The van der Waals surface area contributed by atoms with Crippen LogP contribution >= 0.6 is 0 Å². The van der Waals surface area contributed by atoms with Crippen LogP contribution in [0.4, 0.5) is 17.5 Å². The summed E-state index contributed by atoms with van der Waals surface area (Å²) in [6.45, 7) is 6.09. The monoisotopic (exact) mass is 530 g/mol. The lowest BCUT2D eigenvalue weighted by atomic mass is 10.1. The van der Waals surface area contributed by atoms with Crippen molar-refractivity contribution in [3.8, 4) is 17.6 Å². The van der Waals surface area contributed by atoms with Gasteiger partial charge in [0.2, 0.25) is 5.95 Å². The van der Waals surface area contributed by atoms with E-state index in [9.17, 15) is 10.1 Å². The quantitative estimate of drug-likeness (QED) is 0.417. The number of aromatic nitrogens is 3. The first-order valence-corrected chi connectivity index (χ1v) is 13.5. The molecule has 3 aromatic rings. The standard InChI is InChI=1S/C27H30N8O4/c28-11-17-13-30-25-21(17)24(29-12-16-1-2-16)32-27(33-25)31-20-4-3-19(22-23(20)39-10-9-38-22)26(36)35-7-5-34(6-8-35)18-14-37-15-18/h3-4,13,16,18H,1-2,5-10,12,14-15H2,(H3,29,30,31,32,33). The van der Waals surface area contributed by atoms with Crippen molar-refractivity contribution in [3.05, 3.63) is 29.5 Å².